The third-order valence-corrected chi connectivity index (χ3v) is 5.69. The highest BCUT2D eigenvalue weighted by Crippen LogP contribution is 2.32. The van der Waals surface area contributed by atoms with Crippen LogP contribution in [0.3, 0.4) is 0 Å². The second-order valence-electron chi connectivity index (χ2n) is 7.53. The van der Waals surface area contributed by atoms with E-state index in [1.807, 2.05) is 4.90 Å². The number of hydrogen-bond acceptors (Lipinski definition) is 6. The summed E-state index contributed by atoms with van der Waals surface area (Å²) in [4.78, 5) is 32.0. The van der Waals surface area contributed by atoms with Gasteiger partial charge in [0.1, 0.15) is 12.9 Å². The molecule has 3 aromatic rings. The Hall–Kier alpha value is -3.10. The molecule has 0 bridgehead atoms. The Morgan fingerprint density at radius 1 is 1.14 bits per heavy atom. The fourth-order valence-corrected chi connectivity index (χ4v) is 4.21. The van der Waals surface area contributed by atoms with Crippen LogP contribution in [0.15, 0.2) is 23.3 Å². The van der Waals surface area contributed by atoms with E-state index in [9.17, 15) is 9.59 Å². The van der Waals surface area contributed by atoms with E-state index < -0.39 is 5.69 Å². The summed E-state index contributed by atoms with van der Waals surface area (Å²) >= 11 is 0. The molecule has 1 amide bonds. The van der Waals surface area contributed by atoms with Crippen molar-refractivity contribution in [1.82, 2.24) is 24.1 Å². The molecule has 3 heterocycles. The van der Waals surface area contributed by atoms with Crippen molar-refractivity contribution < 1.29 is 14.3 Å². The van der Waals surface area contributed by atoms with Gasteiger partial charge in [-0.05, 0) is 39.2 Å². The normalized spacial score (nSPS) is 19.7. The number of piperidine rings is 1. The number of ether oxygens (including phenoxy) is 2. The number of aromatic nitrogens is 4. The SMILES string of the molecule is COc1cc2ncn3c(=O)n(CC(=O)N4[C@H](C)CCC[C@@H]4C)nc3c2cc1OC. The highest BCUT2D eigenvalue weighted by Gasteiger charge is 2.29. The number of rotatable bonds is 4. The molecule has 4 rings (SSSR count). The molecule has 1 aromatic carbocycles. The number of benzene rings is 1. The summed E-state index contributed by atoms with van der Waals surface area (Å²) in [5.74, 6) is 0.970. The van der Waals surface area contributed by atoms with Crippen LogP contribution in [-0.4, -0.2) is 56.3 Å². The van der Waals surface area contributed by atoms with Crippen molar-refractivity contribution in [3.05, 3.63) is 28.9 Å². The first-order valence-electron chi connectivity index (χ1n) is 9.75. The zero-order valence-electron chi connectivity index (χ0n) is 17.1. The summed E-state index contributed by atoms with van der Waals surface area (Å²) in [6.45, 7) is 4.01. The summed E-state index contributed by atoms with van der Waals surface area (Å²) in [6.07, 6.45) is 4.49. The van der Waals surface area contributed by atoms with Crippen LogP contribution in [0.4, 0.5) is 0 Å². The van der Waals surface area contributed by atoms with E-state index in [-0.39, 0.29) is 24.5 Å². The van der Waals surface area contributed by atoms with Crippen molar-refractivity contribution in [3.8, 4) is 11.5 Å². The van der Waals surface area contributed by atoms with Gasteiger partial charge in [0.25, 0.3) is 0 Å². The van der Waals surface area contributed by atoms with Gasteiger partial charge < -0.3 is 14.4 Å². The lowest BCUT2D eigenvalue weighted by atomic mass is 9.97. The van der Waals surface area contributed by atoms with E-state index >= 15 is 0 Å². The Kier molecular flexibility index (Phi) is 4.89. The summed E-state index contributed by atoms with van der Waals surface area (Å²) in [5.41, 5.74) is 0.653. The van der Waals surface area contributed by atoms with Crippen LogP contribution in [0.2, 0.25) is 0 Å². The summed E-state index contributed by atoms with van der Waals surface area (Å²) in [6, 6.07) is 3.81. The first-order valence-corrected chi connectivity index (χ1v) is 9.75. The third-order valence-electron chi connectivity index (χ3n) is 5.69. The van der Waals surface area contributed by atoms with Crippen LogP contribution in [0, 0.1) is 0 Å². The molecule has 154 valence electrons. The van der Waals surface area contributed by atoms with Gasteiger partial charge in [0, 0.05) is 23.5 Å². The van der Waals surface area contributed by atoms with Crippen molar-refractivity contribution in [3.63, 3.8) is 0 Å². The number of carbonyl (C=O) groups is 1. The lowest BCUT2D eigenvalue weighted by molar-refractivity contribution is -0.138. The Labute approximate surface area is 167 Å². The first kappa shape index (κ1) is 19.2. The van der Waals surface area contributed by atoms with Gasteiger partial charge in [-0.2, -0.15) is 0 Å². The van der Waals surface area contributed by atoms with Crippen LogP contribution in [0.5, 0.6) is 11.5 Å². The average Bonchev–Trinajstić information content (AvgIpc) is 3.02. The summed E-state index contributed by atoms with van der Waals surface area (Å²) in [7, 11) is 3.09. The minimum Gasteiger partial charge on any atom is -0.493 e. The van der Waals surface area contributed by atoms with Crippen molar-refractivity contribution in [1.29, 1.82) is 0 Å². The van der Waals surface area contributed by atoms with Crippen LogP contribution in [0.25, 0.3) is 16.6 Å². The van der Waals surface area contributed by atoms with Gasteiger partial charge in [-0.25, -0.2) is 18.9 Å². The first-order chi connectivity index (χ1) is 13.9. The predicted octanol–water partition coefficient (Wildman–Crippen LogP) is 1.85. The van der Waals surface area contributed by atoms with E-state index in [4.69, 9.17) is 9.47 Å². The van der Waals surface area contributed by atoms with Gasteiger partial charge >= 0.3 is 5.69 Å². The van der Waals surface area contributed by atoms with E-state index in [1.54, 1.807) is 26.4 Å². The average molecular weight is 399 g/mol. The molecule has 1 aliphatic rings. The van der Waals surface area contributed by atoms with Gasteiger partial charge in [0.05, 0.1) is 19.7 Å². The molecule has 0 radical (unpaired) electrons. The van der Waals surface area contributed by atoms with Gasteiger partial charge in [-0.15, -0.1) is 5.10 Å². The molecule has 1 fully saturated rings. The maximum Gasteiger partial charge on any atom is 0.352 e. The quantitative estimate of drug-likeness (QED) is 0.665. The molecule has 0 unspecified atom stereocenters. The molecule has 0 spiro atoms. The lowest BCUT2D eigenvalue weighted by Crippen LogP contribution is -2.49. The van der Waals surface area contributed by atoms with Crippen LogP contribution >= 0.6 is 0 Å². The number of fused-ring (bicyclic) bond motifs is 3. The Morgan fingerprint density at radius 3 is 2.45 bits per heavy atom. The van der Waals surface area contributed by atoms with Crippen LogP contribution < -0.4 is 15.2 Å². The molecular weight excluding hydrogens is 374 g/mol. The van der Waals surface area contributed by atoms with Crippen molar-refractivity contribution >= 4 is 22.5 Å². The predicted molar refractivity (Wildman–Crippen MR) is 107 cm³/mol. The zero-order valence-corrected chi connectivity index (χ0v) is 17.1. The fraction of sp³-hybridized carbons (Fsp3) is 0.500. The summed E-state index contributed by atoms with van der Waals surface area (Å²) in [5, 5.41) is 5.09. The number of methoxy groups -OCH3 is 2. The smallest absolute Gasteiger partial charge is 0.352 e. The van der Waals surface area contributed by atoms with E-state index in [0.717, 1.165) is 19.3 Å². The minimum absolute atomic E-state index is 0.0910. The number of hydrogen-bond donors (Lipinski definition) is 0. The molecule has 0 N–H and O–H groups in total. The fourth-order valence-electron chi connectivity index (χ4n) is 4.21. The number of amides is 1. The Morgan fingerprint density at radius 2 is 1.79 bits per heavy atom. The summed E-state index contributed by atoms with van der Waals surface area (Å²) < 4.78 is 13.2. The Bertz CT molecular complexity index is 1130. The third kappa shape index (κ3) is 3.20. The van der Waals surface area contributed by atoms with E-state index in [0.29, 0.717) is 28.0 Å². The van der Waals surface area contributed by atoms with Crippen LogP contribution in [-0.2, 0) is 11.3 Å². The van der Waals surface area contributed by atoms with Gasteiger partial charge in [-0.1, -0.05) is 0 Å². The van der Waals surface area contributed by atoms with Gasteiger partial charge in [0.2, 0.25) is 5.91 Å². The minimum atomic E-state index is -0.394. The van der Waals surface area contributed by atoms with Gasteiger partial charge in [0.15, 0.2) is 17.1 Å². The molecule has 9 nitrogen and oxygen atoms in total. The molecule has 29 heavy (non-hydrogen) atoms. The molecule has 2 aromatic heterocycles. The zero-order chi connectivity index (χ0) is 20.7. The van der Waals surface area contributed by atoms with Crippen molar-refractivity contribution in [2.24, 2.45) is 0 Å². The number of likely N-dealkylation sites (tertiary alicyclic amines) is 1. The molecule has 1 aliphatic heterocycles. The van der Waals surface area contributed by atoms with E-state index in [2.05, 4.69) is 23.9 Å². The second kappa shape index (κ2) is 7.38. The number of nitrogens with zero attached hydrogens (tertiary/aromatic N) is 5. The largest absolute Gasteiger partial charge is 0.493 e. The maximum absolute atomic E-state index is 12.9. The molecular formula is C20H25N5O4. The molecule has 0 aliphatic carbocycles. The molecule has 9 heteroatoms. The van der Waals surface area contributed by atoms with E-state index in [1.165, 1.54) is 15.4 Å². The highest BCUT2D eigenvalue weighted by atomic mass is 16.5. The Balaban J connectivity index is 1.76. The van der Waals surface area contributed by atoms with Crippen LogP contribution in [0.1, 0.15) is 33.1 Å². The topological polar surface area (TPSA) is 91.0 Å². The lowest BCUT2D eigenvalue weighted by Gasteiger charge is -2.39. The van der Waals surface area contributed by atoms with Gasteiger partial charge in [-0.3, -0.25) is 4.79 Å². The molecule has 0 saturated carbocycles. The maximum atomic E-state index is 12.9. The molecule has 1 saturated heterocycles. The number of carbonyl (C=O) groups excluding carboxylic acids is 1. The van der Waals surface area contributed by atoms with Crippen molar-refractivity contribution in [2.45, 2.75) is 51.7 Å². The molecule has 2 atom stereocenters. The standard InChI is InChI=1S/C20H25N5O4/c1-12-6-5-7-13(2)25(12)18(26)10-24-20(27)23-11-21-15-9-17(29-4)16(28-3)8-14(15)19(23)22-24/h8-9,11-13H,5-7,10H2,1-4H3/t12-,13+. The monoisotopic (exact) mass is 399 g/mol. The highest BCUT2D eigenvalue weighted by molar-refractivity contribution is 5.93. The van der Waals surface area contributed by atoms with Crippen molar-refractivity contribution in [2.75, 3.05) is 14.2 Å². The second-order valence-corrected chi connectivity index (χ2v) is 7.53.